The largest absolute Gasteiger partial charge is 0.486 e. The molecular weight excluding hydrogens is 462 g/mol. The van der Waals surface area contributed by atoms with Crippen LogP contribution in [0.1, 0.15) is 58.6 Å². The molecule has 3 N–H and O–H groups in total. The first-order valence-electron chi connectivity index (χ1n) is 13.0. The Hall–Kier alpha value is -3.51. The molecule has 1 fully saturated rings. The molecule has 6 heteroatoms. The number of rotatable bonds is 7. The number of anilines is 2. The first-order valence-corrected chi connectivity index (χ1v) is 13.0. The Morgan fingerprint density at radius 3 is 2.68 bits per heavy atom. The third kappa shape index (κ3) is 5.16. The van der Waals surface area contributed by atoms with E-state index >= 15 is 0 Å². The van der Waals surface area contributed by atoms with Crippen molar-refractivity contribution >= 4 is 17.3 Å². The average Bonchev–Trinajstić information content (AvgIpc) is 3.67. The summed E-state index contributed by atoms with van der Waals surface area (Å²) >= 11 is 0. The molecule has 1 heterocycles. The van der Waals surface area contributed by atoms with Crippen molar-refractivity contribution in [3.63, 3.8) is 0 Å². The van der Waals surface area contributed by atoms with Crippen molar-refractivity contribution < 1.29 is 14.3 Å². The number of aryl methyl sites for hydroxylation is 1. The standard InChI is InChI=1S/C31H37N3O3/c1-20-9-10-22(26(16-29(35)36-4)25-11-12-27(33-3)30(32)21(25)2)15-24(20)18-34-17-23-7-5-6-8-28(23)37-31(19-34)13-14-31/h5-12,15,26,33H,13-14,16-19,32H2,1-4H3. The number of hydrogen-bond donors (Lipinski definition) is 2. The topological polar surface area (TPSA) is 76.8 Å². The highest BCUT2D eigenvalue weighted by molar-refractivity contribution is 5.75. The zero-order valence-electron chi connectivity index (χ0n) is 22.3. The van der Waals surface area contributed by atoms with Gasteiger partial charge in [0.15, 0.2) is 0 Å². The Morgan fingerprint density at radius 2 is 1.95 bits per heavy atom. The molecule has 1 atom stereocenters. The summed E-state index contributed by atoms with van der Waals surface area (Å²) in [6.45, 7) is 6.78. The Kier molecular flexibility index (Phi) is 6.86. The number of ether oxygens (including phenoxy) is 2. The Labute approximate surface area is 219 Å². The maximum Gasteiger partial charge on any atom is 0.306 e. The van der Waals surface area contributed by atoms with Gasteiger partial charge in [-0.05, 0) is 66.6 Å². The number of nitrogens with two attached hydrogens (primary N) is 1. The lowest BCUT2D eigenvalue weighted by Crippen LogP contribution is -2.34. The molecule has 0 bridgehead atoms. The molecule has 1 aliphatic heterocycles. The predicted octanol–water partition coefficient (Wildman–Crippen LogP) is 5.55. The van der Waals surface area contributed by atoms with E-state index in [1.165, 1.54) is 23.8 Å². The molecule has 6 nitrogen and oxygen atoms in total. The number of carbonyl (C=O) groups excluding carboxylic acids is 1. The second-order valence-electron chi connectivity index (χ2n) is 10.5. The van der Waals surface area contributed by atoms with Crippen molar-refractivity contribution in [1.29, 1.82) is 0 Å². The van der Waals surface area contributed by atoms with Gasteiger partial charge in [0.2, 0.25) is 0 Å². The van der Waals surface area contributed by atoms with Crippen LogP contribution in [-0.4, -0.2) is 37.2 Å². The lowest BCUT2D eigenvalue weighted by molar-refractivity contribution is -0.140. The van der Waals surface area contributed by atoms with Crippen LogP contribution in [0.3, 0.4) is 0 Å². The van der Waals surface area contributed by atoms with E-state index in [4.69, 9.17) is 15.2 Å². The molecule has 2 aliphatic rings. The summed E-state index contributed by atoms with van der Waals surface area (Å²) in [7, 11) is 3.30. The SMILES string of the molecule is CNc1ccc(C(CC(=O)OC)c2ccc(C)c(CN3Cc4ccccc4OC4(CC4)C3)c2)c(C)c1N. The molecule has 1 saturated carbocycles. The normalized spacial score (nSPS) is 16.9. The number of hydrogen-bond acceptors (Lipinski definition) is 6. The summed E-state index contributed by atoms with van der Waals surface area (Å²) < 4.78 is 11.5. The molecule has 0 amide bonds. The Bertz CT molecular complexity index is 1320. The number of fused-ring (bicyclic) bond motifs is 1. The first kappa shape index (κ1) is 25.2. The molecule has 3 aromatic carbocycles. The molecule has 0 aromatic heterocycles. The fourth-order valence-electron chi connectivity index (χ4n) is 5.53. The number of nitrogen functional groups attached to an aromatic ring is 1. The fourth-order valence-corrected chi connectivity index (χ4v) is 5.53. The van der Waals surface area contributed by atoms with Gasteiger partial charge < -0.3 is 20.5 Å². The van der Waals surface area contributed by atoms with Crippen LogP contribution in [-0.2, 0) is 22.6 Å². The van der Waals surface area contributed by atoms with Gasteiger partial charge in [0.05, 0.1) is 24.9 Å². The summed E-state index contributed by atoms with van der Waals surface area (Å²) in [5.74, 6) is 0.631. The van der Waals surface area contributed by atoms with E-state index in [9.17, 15) is 4.79 Å². The molecule has 1 spiro atoms. The molecule has 194 valence electrons. The van der Waals surface area contributed by atoms with E-state index in [0.29, 0.717) is 5.69 Å². The zero-order valence-corrected chi connectivity index (χ0v) is 22.3. The molecule has 1 aliphatic carbocycles. The molecule has 37 heavy (non-hydrogen) atoms. The maximum absolute atomic E-state index is 12.5. The smallest absolute Gasteiger partial charge is 0.306 e. The molecule has 3 aromatic rings. The minimum atomic E-state index is -0.236. The van der Waals surface area contributed by atoms with Crippen molar-refractivity contribution in [1.82, 2.24) is 4.90 Å². The van der Waals surface area contributed by atoms with Crippen LogP contribution in [0.5, 0.6) is 5.75 Å². The van der Waals surface area contributed by atoms with Gasteiger partial charge in [-0.1, -0.05) is 42.5 Å². The zero-order chi connectivity index (χ0) is 26.2. The number of benzene rings is 3. The number of carbonyl (C=O) groups is 1. The number of methoxy groups -OCH3 is 1. The van der Waals surface area contributed by atoms with Crippen molar-refractivity contribution in [3.8, 4) is 5.75 Å². The molecule has 1 unspecified atom stereocenters. The van der Waals surface area contributed by atoms with E-state index in [2.05, 4.69) is 65.7 Å². The van der Waals surface area contributed by atoms with Gasteiger partial charge in [-0.15, -0.1) is 0 Å². The van der Waals surface area contributed by atoms with Crippen LogP contribution in [0.15, 0.2) is 54.6 Å². The van der Waals surface area contributed by atoms with Gasteiger partial charge in [-0.2, -0.15) is 0 Å². The quantitative estimate of drug-likeness (QED) is 0.328. The van der Waals surface area contributed by atoms with Crippen LogP contribution >= 0.6 is 0 Å². The lowest BCUT2D eigenvalue weighted by atomic mass is 9.84. The van der Waals surface area contributed by atoms with Crippen LogP contribution in [0.4, 0.5) is 11.4 Å². The van der Waals surface area contributed by atoms with Crippen molar-refractivity contribution in [3.05, 3.63) is 88.0 Å². The van der Waals surface area contributed by atoms with Crippen molar-refractivity contribution in [2.45, 2.75) is 57.7 Å². The summed E-state index contributed by atoms with van der Waals surface area (Å²) in [4.78, 5) is 15.0. The minimum Gasteiger partial charge on any atom is -0.486 e. The van der Waals surface area contributed by atoms with Gasteiger partial charge in [0.25, 0.3) is 0 Å². The molecule has 0 radical (unpaired) electrons. The van der Waals surface area contributed by atoms with Gasteiger partial charge in [-0.25, -0.2) is 0 Å². The second kappa shape index (κ2) is 10.1. The monoisotopic (exact) mass is 499 g/mol. The van der Waals surface area contributed by atoms with Crippen molar-refractivity contribution in [2.75, 3.05) is 31.8 Å². The van der Waals surface area contributed by atoms with Gasteiger partial charge >= 0.3 is 5.97 Å². The Morgan fingerprint density at radius 1 is 1.16 bits per heavy atom. The molecule has 0 saturated heterocycles. The van der Waals surface area contributed by atoms with Crippen LogP contribution < -0.4 is 15.8 Å². The third-order valence-electron chi connectivity index (χ3n) is 7.98. The Balaban J connectivity index is 1.48. The summed E-state index contributed by atoms with van der Waals surface area (Å²) in [6.07, 6.45) is 2.45. The first-order chi connectivity index (χ1) is 17.8. The van der Waals surface area contributed by atoms with Gasteiger partial charge in [0.1, 0.15) is 11.4 Å². The number of para-hydroxylation sites is 1. The van der Waals surface area contributed by atoms with Gasteiger partial charge in [0, 0.05) is 38.2 Å². The average molecular weight is 500 g/mol. The second-order valence-corrected chi connectivity index (χ2v) is 10.5. The predicted molar refractivity (Wildman–Crippen MR) is 148 cm³/mol. The fraction of sp³-hybridized carbons (Fsp3) is 0.387. The van der Waals surface area contributed by atoms with Crippen LogP contribution in [0.2, 0.25) is 0 Å². The summed E-state index contributed by atoms with van der Waals surface area (Å²) in [5, 5.41) is 3.15. The van der Waals surface area contributed by atoms with Crippen LogP contribution in [0, 0.1) is 13.8 Å². The van der Waals surface area contributed by atoms with E-state index in [-0.39, 0.29) is 23.9 Å². The maximum atomic E-state index is 12.5. The lowest BCUT2D eigenvalue weighted by Gasteiger charge is -2.26. The third-order valence-corrected chi connectivity index (χ3v) is 7.98. The van der Waals surface area contributed by atoms with E-state index in [1.807, 2.05) is 20.0 Å². The highest BCUT2D eigenvalue weighted by Crippen LogP contribution is 2.45. The van der Waals surface area contributed by atoms with Crippen LogP contribution in [0.25, 0.3) is 0 Å². The van der Waals surface area contributed by atoms with Crippen molar-refractivity contribution in [2.24, 2.45) is 0 Å². The number of nitrogens with one attached hydrogen (secondary N) is 1. The van der Waals surface area contributed by atoms with E-state index < -0.39 is 0 Å². The van der Waals surface area contributed by atoms with E-state index in [1.54, 1.807) is 0 Å². The summed E-state index contributed by atoms with van der Waals surface area (Å²) in [6, 6.07) is 19.0. The van der Waals surface area contributed by atoms with E-state index in [0.717, 1.165) is 60.6 Å². The highest BCUT2D eigenvalue weighted by Gasteiger charge is 2.48. The number of nitrogens with zero attached hydrogens (tertiary/aromatic N) is 1. The minimum absolute atomic E-state index is 0.0603. The molecule has 5 rings (SSSR count). The highest BCUT2D eigenvalue weighted by atomic mass is 16.5. The van der Waals surface area contributed by atoms with Gasteiger partial charge in [-0.3, -0.25) is 9.69 Å². The number of esters is 1. The summed E-state index contributed by atoms with van der Waals surface area (Å²) in [5.41, 5.74) is 14.8. The molecular formula is C31H37N3O3.